The highest BCUT2D eigenvalue weighted by Crippen LogP contribution is 2.32. The largest absolute Gasteiger partial charge is 0.454 e. The van der Waals surface area contributed by atoms with Crippen molar-refractivity contribution in [3.05, 3.63) is 23.7 Å². The van der Waals surface area contributed by atoms with Crippen LogP contribution >= 0.6 is 0 Å². The molecule has 2 heterocycles. The van der Waals surface area contributed by atoms with E-state index >= 15 is 0 Å². The third-order valence-corrected chi connectivity index (χ3v) is 6.44. The van der Waals surface area contributed by atoms with E-state index in [0.717, 1.165) is 56.6 Å². The van der Waals surface area contributed by atoms with Gasteiger partial charge in [0, 0.05) is 38.8 Å². The Morgan fingerprint density at radius 3 is 2.45 bits per heavy atom. The fourth-order valence-corrected chi connectivity index (χ4v) is 4.61. The summed E-state index contributed by atoms with van der Waals surface area (Å²) in [5, 5.41) is 3.39. The molecule has 1 saturated carbocycles. The molecule has 1 aliphatic heterocycles. The maximum Gasteiger partial charge on any atom is 0.284 e. The van der Waals surface area contributed by atoms with Crippen molar-refractivity contribution in [1.82, 2.24) is 15.1 Å². The van der Waals surface area contributed by atoms with Crippen LogP contribution in [0.1, 0.15) is 62.8 Å². The maximum atomic E-state index is 11.2. The number of nitrogens with one attached hydrogen (secondary N) is 1. The first-order chi connectivity index (χ1) is 14.0. The monoisotopic (exact) mass is 403 g/mol. The molecule has 3 N–H and O–H groups in total. The van der Waals surface area contributed by atoms with Crippen LogP contribution in [0.4, 0.5) is 0 Å². The molecule has 0 unspecified atom stereocenters. The summed E-state index contributed by atoms with van der Waals surface area (Å²) < 4.78 is 5.45. The molecule has 2 fully saturated rings. The molecule has 0 atom stereocenters. The topological polar surface area (TPSA) is 87.1 Å². The van der Waals surface area contributed by atoms with Gasteiger partial charge in [-0.25, -0.2) is 4.99 Å². The predicted molar refractivity (Wildman–Crippen MR) is 116 cm³/mol. The van der Waals surface area contributed by atoms with Crippen LogP contribution in [0.3, 0.4) is 0 Å². The molecule has 1 aromatic rings. The highest BCUT2D eigenvalue weighted by atomic mass is 16.3. The van der Waals surface area contributed by atoms with Crippen LogP contribution in [0.2, 0.25) is 0 Å². The molecule has 0 spiro atoms. The average Bonchev–Trinajstić information content (AvgIpc) is 3.21. The number of hydrogen-bond acceptors (Lipinski definition) is 4. The van der Waals surface area contributed by atoms with Gasteiger partial charge in [-0.05, 0) is 56.6 Å². The van der Waals surface area contributed by atoms with Gasteiger partial charge < -0.3 is 20.4 Å². The van der Waals surface area contributed by atoms with E-state index in [1.54, 1.807) is 12.1 Å². The van der Waals surface area contributed by atoms with E-state index in [0.29, 0.717) is 12.3 Å². The number of guanidine groups is 1. The van der Waals surface area contributed by atoms with Gasteiger partial charge in [-0.15, -0.1) is 0 Å². The summed E-state index contributed by atoms with van der Waals surface area (Å²) >= 11 is 0. The summed E-state index contributed by atoms with van der Waals surface area (Å²) in [5.74, 6) is 2.92. The van der Waals surface area contributed by atoms with Crippen LogP contribution in [-0.2, 0) is 6.54 Å². The second kappa shape index (κ2) is 10.1. The van der Waals surface area contributed by atoms with Gasteiger partial charge in [0.15, 0.2) is 11.7 Å². The van der Waals surface area contributed by atoms with Gasteiger partial charge in [0.05, 0.1) is 0 Å². The number of rotatable bonds is 6. The molecule has 1 amide bonds. The van der Waals surface area contributed by atoms with Crippen molar-refractivity contribution in [3.63, 3.8) is 0 Å². The number of hydrogen-bond donors (Lipinski definition) is 2. The Balaban J connectivity index is 1.52. The number of furan rings is 1. The number of carbonyl (C=O) groups excluding carboxylic acids is 1. The van der Waals surface area contributed by atoms with Crippen LogP contribution in [0.25, 0.3) is 0 Å². The fraction of sp³-hybridized carbons (Fsp3) is 0.727. The zero-order valence-corrected chi connectivity index (χ0v) is 18.2. The summed E-state index contributed by atoms with van der Waals surface area (Å²) in [4.78, 5) is 20.9. The van der Waals surface area contributed by atoms with E-state index in [4.69, 9.17) is 15.1 Å². The van der Waals surface area contributed by atoms with Crippen LogP contribution in [-0.4, -0.2) is 60.4 Å². The van der Waals surface area contributed by atoms with E-state index in [9.17, 15) is 4.79 Å². The highest BCUT2D eigenvalue weighted by molar-refractivity contribution is 5.89. The Hall–Kier alpha value is -2.02. The van der Waals surface area contributed by atoms with Gasteiger partial charge >= 0.3 is 0 Å². The Kier molecular flexibility index (Phi) is 7.58. The van der Waals surface area contributed by atoms with Crippen LogP contribution in [0.15, 0.2) is 21.5 Å². The van der Waals surface area contributed by atoms with E-state index in [1.807, 2.05) is 0 Å². The number of piperazine rings is 1. The summed E-state index contributed by atoms with van der Waals surface area (Å²) in [5.41, 5.74) is 5.25. The molecule has 0 radical (unpaired) electrons. The van der Waals surface area contributed by atoms with Crippen LogP contribution in [0.5, 0.6) is 0 Å². The minimum atomic E-state index is -0.550. The minimum absolute atomic E-state index is 0.181. The fourth-order valence-electron chi connectivity index (χ4n) is 4.61. The van der Waals surface area contributed by atoms with Crippen molar-refractivity contribution >= 4 is 11.9 Å². The predicted octanol–water partition coefficient (Wildman–Crippen LogP) is 2.68. The normalized spacial score (nSPS) is 24.1. The van der Waals surface area contributed by atoms with E-state index in [1.165, 1.54) is 25.7 Å². The molecule has 29 heavy (non-hydrogen) atoms. The van der Waals surface area contributed by atoms with E-state index in [2.05, 4.69) is 35.9 Å². The minimum Gasteiger partial charge on any atom is -0.454 e. The number of nitrogens with two attached hydrogens (primary N) is 1. The van der Waals surface area contributed by atoms with Crippen LogP contribution < -0.4 is 11.1 Å². The summed E-state index contributed by atoms with van der Waals surface area (Å²) in [6.45, 7) is 12.2. The third kappa shape index (κ3) is 5.75. The lowest BCUT2D eigenvalue weighted by atomic mass is 9.79. The lowest BCUT2D eigenvalue weighted by molar-refractivity contribution is 0.0864. The third-order valence-electron chi connectivity index (χ3n) is 6.44. The molecule has 1 saturated heterocycles. The zero-order valence-electron chi connectivity index (χ0n) is 18.2. The van der Waals surface area contributed by atoms with Gasteiger partial charge in [0.25, 0.3) is 5.91 Å². The molecule has 7 heteroatoms. The maximum absolute atomic E-state index is 11.2. The van der Waals surface area contributed by atoms with Gasteiger partial charge in [0.2, 0.25) is 0 Å². The van der Waals surface area contributed by atoms with Gasteiger partial charge in [-0.3, -0.25) is 9.69 Å². The lowest BCUT2D eigenvalue weighted by Gasteiger charge is -2.43. The molecular weight excluding hydrogens is 366 g/mol. The number of carbonyl (C=O) groups is 1. The number of primary amides is 1. The second-order valence-electron chi connectivity index (χ2n) is 8.64. The van der Waals surface area contributed by atoms with Crippen molar-refractivity contribution < 1.29 is 9.21 Å². The first kappa shape index (κ1) is 21.7. The molecule has 162 valence electrons. The van der Waals surface area contributed by atoms with E-state index in [-0.39, 0.29) is 5.76 Å². The molecule has 0 bridgehead atoms. The number of amides is 1. The molecule has 7 nitrogen and oxygen atoms in total. The summed E-state index contributed by atoms with van der Waals surface area (Å²) in [6, 6.07) is 4.12. The van der Waals surface area contributed by atoms with Crippen LogP contribution in [0, 0.1) is 11.8 Å². The average molecular weight is 404 g/mol. The van der Waals surface area contributed by atoms with Crippen molar-refractivity contribution in [2.24, 2.45) is 22.6 Å². The smallest absolute Gasteiger partial charge is 0.284 e. The first-order valence-corrected chi connectivity index (χ1v) is 11.1. The molecule has 3 rings (SSSR count). The summed E-state index contributed by atoms with van der Waals surface area (Å²) in [7, 11) is 0. The Morgan fingerprint density at radius 1 is 1.21 bits per heavy atom. The zero-order chi connectivity index (χ0) is 20.8. The van der Waals surface area contributed by atoms with Gasteiger partial charge in [0.1, 0.15) is 12.3 Å². The highest BCUT2D eigenvalue weighted by Gasteiger charge is 2.29. The molecular formula is C22H37N5O2. The number of aliphatic imine (C=N–C) groups is 1. The van der Waals surface area contributed by atoms with Crippen molar-refractivity contribution in [2.75, 3.05) is 32.7 Å². The summed E-state index contributed by atoms with van der Waals surface area (Å²) in [6.07, 6.45) is 5.45. The Bertz CT molecular complexity index is 683. The van der Waals surface area contributed by atoms with Gasteiger partial charge in [-0.1, -0.05) is 13.8 Å². The SMILES string of the molecule is CCNC(=NCc1ccc(C(N)=O)o1)N1CCN(C2CCC(C(C)C)CC2)CC1. The Morgan fingerprint density at radius 2 is 1.90 bits per heavy atom. The molecule has 1 aliphatic carbocycles. The van der Waals surface area contributed by atoms with Crippen molar-refractivity contribution in [3.8, 4) is 0 Å². The second-order valence-corrected chi connectivity index (χ2v) is 8.64. The Labute approximate surface area is 174 Å². The quantitative estimate of drug-likeness (QED) is 0.563. The van der Waals surface area contributed by atoms with Crippen molar-refractivity contribution in [1.29, 1.82) is 0 Å². The standard InChI is InChI=1S/C22H37N5O2/c1-4-24-22(25-15-19-9-10-20(29-19)21(23)28)27-13-11-26(12-14-27)18-7-5-17(6-8-18)16(2)3/h9-10,16-18H,4-8,11-15H2,1-3H3,(H2,23,28)(H,24,25). The number of nitrogens with zero attached hydrogens (tertiary/aromatic N) is 3. The lowest BCUT2D eigenvalue weighted by Crippen LogP contribution is -2.55. The van der Waals surface area contributed by atoms with Gasteiger partial charge in [-0.2, -0.15) is 0 Å². The van der Waals surface area contributed by atoms with E-state index < -0.39 is 5.91 Å². The molecule has 1 aromatic heterocycles. The first-order valence-electron chi connectivity index (χ1n) is 11.1. The molecule has 2 aliphatic rings. The molecule has 0 aromatic carbocycles. The van der Waals surface area contributed by atoms with Crippen molar-refractivity contribution in [2.45, 2.75) is 59.0 Å².